The zero-order valence-corrected chi connectivity index (χ0v) is 9.14. The number of fused-ring (bicyclic) bond motifs is 1. The molecule has 14 heavy (non-hydrogen) atoms. The van der Waals surface area contributed by atoms with Crippen LogP contribution in [0.25, 0.3) is 0 Å². The lowest BCUT2D eigenvalue weighted by molar-refractivity contribution is 0.0955. The Kier molecular flexibility index (Phi) is 1.81. The highest BCUT2D eigenvalue weighted by Crippen LogP contribution is 2.58. The molecule has 2 aliphatic carbocycles. The van der Waals surface area contributed by atoms with Gasteiger partial charge in [0.25, 0.3) is 0 Å². The number of hydrogen-bond acceptors (Lipinski definition) is 2. The normalized spacial score (nSPS) is 34.2. The van der Waals surface area contributed by atoms with Gasteiger partial charge in [-0.05, 0) is 48.6 Å². The van der Waals surface area contributed by atoms with Crippen LogP contribution in [0.1, 0.15) is 34.5 Å². The Bertz CT molecular complexity index is 369. The summed E-state index contributed by atoms with van der Waals surface area (Å²) in [5.41, 5.74) is 1.17. The molecule has 1 aromatic heterocycles. The van der Waals surface area contributed by atoms with Crippen molar-refractivity contribution in [2.45, 2.75) is 26.2 Å². The molecule has 0 saturated heterocycles. The predicted octanol–water partition coefficient (Wildman–Crippen LogP) is 3.29. The third-order valence-electron chi connectivity index (χ3n) is 3.80. The van der Waals surface area contributed by atoms with Crippen LogP contribution < -0.4 is 0 Å². The van der Waals surface area contributed by atoms with Crippen molar-refractivity contribution in [3.05, 3.63) is 21.9 Å². The summed E-state index contributed by atoms with van der Waals surface area (Å²) in [6.07, 6.45) is 3.94. The highest BCUT2D eigenvalue weighted by molar-refractivity contribution is 7.12. The Morgan fingerprint density at radius 3 is 2.71 bits per heavy atom. The average molecular weight is 206 g/mol. The summed E-state index contributed by atoms with van der Waals surface area (Å²) in [4.78, 5) is 13.1. The van der Waals surface area contributed by atoms with Gasteiger partial charge in [0.2, 0.25) is 0 Å². The van der Waals surface area contributed by atoms with Gasteiger partial charge in [-0.2, -0.15) is 0 Å². The third kappa shape index (κ3) is 1.10. The lowest BCUT2D eigenvalue weighted by Gasteiger charge is -2.01. The van der Waals surface area contributed by atoms with E-state index >= 15 is 0 Å². The van der Waals surface area contributed by atoms with Crippen molar-refractivity contribution in [3.63, 3.8) is 0 Å². The number of hydrogen-bond donors (Lipinski definition) is 0. The topological polar surface area (TPSA) is 17.1 Å². The van der Waals surface area contributed by atoms with E-state index in [0.29, 0.717) is 11.7 Å². The van der Waals surface area contributed by atoms with Gasteiger partial charge in [-0.15, -0.1) is 11.3 Å². The molecule has 0 N–H and O–H groups in total. The van der Waals surface area contributed by atoms with E-state index in [4.69, 9.17) is 0 Å². The molecular formula is C12H14OS. The monoisotopic (exact) mass is 206 g/mol. The second kappa shape index (κ2) is 2.93. The summed E-state index contributed by atoms with van der Waals surface area (Å²) in [5.74, 6) is 2.35. The second-order valence-corrected chi connectivity index (χ2v) is 5.50. The molecule has 0 aliphatic heterocycles. The van der Waals surface area contributed by atoms with E-state index < -0.39 is 0 Å². The minimum absolute atomic E-state index is 0.404. The third-order valence-corrected chi connectivity index (χ3v) is 4.83. The lowest BCUT2D eigenvalue weighted by Crippen LogP contribution is -2.05. The second-order valence-electron chi connectivity index (χ2n) is 4.58. The standard InChI is InChI=1S/C12H14OS/c1-7-5-6-14-12(7)11(13)10-8-3-2-4-9(8)10/h5-6,8-10H,2-4H2,1H3. The molecule has 0 spiro atoms. The summed E-state index contributed by atoms with van der Waals surface area (Å²) < 4.78 is 0. The first kappa shape index (κ1) is 8.66. The fourth-order valence-corrected chi connectivity index (χ4v) is 3.90. The predicted molar refractivity (Wildman–Crippen MR) is 57.7 cm³/mol. The van der Waals surface area contributed by atoms with Crippen LogP contribution in [0.15, 0.2) is 11.4 Å². The van der Waals surface area contributed by atoms with Crippen molar-refractivity contribution >= 4 is 17.1 Å². The molecule has 2 unspecified atom stereocenters. The maximum Gasteiger partial charge on any atom is 0.176 e. The molecule has 0 aromatic carbocycles. The number of aryl methyl sites for hydroxylation is 1. The Hall–Kier alpha value is -0.630. The van der Waals surface area contributed by atoms with Gasteiger partial charge in [0.05, 0.1) is 4.88 Å². The molecule has 2 atom stereocenters. The maximum absolute atomic E-state index is 12.1. The molecule has 2 aliphatic rings. The lowest BCUT2D eigenvalue weighted by atomic mass is 10.1. The zero-order chi connectivity index (χ0) is 9.71. The number of Topliss-reactive ketones (excluding diaryl/α,β-unsaturated/α-hetero) is 1. The van der Waals surface area contributed by atoms with Crippen LogP contribution in [-0.2, 0) is 0 Å². The van der Waals surface area contributed by atoms with Gasteiger partial charge in [0.1, 0.15) is 0 Å². The fraction of sp³-hybridized carbons (Fsp3) is 0.583. The Labute approximate surface area is 88.1 Å². The first-order chi connectivity index (χ1) is 6.79. The molecule has 1 nitrogen and oxygen atoms in total. The van der Waals surface area contributed by atoms with E-state index in [0.717, 1.165) is 16.7 Å². The number of rotatable bonds is 2. The van der Waals surface area contributed by atoms with Crippen LogP contribution in [0.5, 0.6) is 0 Å². The Morgan fingerprint density at radius 2 is 2.14 bits per heavy atom. The van der Waals surface area contributed by atoms with Crippen molar-refractivity contribution in [1.82, 2.24) is 0 Å². The minimum atomic E-state index is 0.404. The van der Waals surface area contributed by atoms with Gasteiger partial charge in [0, 0.05) is 5.92 Å². The molecule has 2 heteroatoms. The molecule has 1 heterocycles. The smallest absolute Gasteiger partial charge is 0.176 e. The van der Waals surface area contributed by atoms with Gasteiger partial charge in [-0.1, -0.05) is 6.42 Å². The minimum Gasteiger partial charge on any atom is -0.293 e. The number of thiophene rings is 1. The average Bonchev–Trinajstić information content (AvgIpc) is 2.57. The fourth-order valence-electron chi connectivity index (χ4n) is 2.99. The zero-order valence-electron chi connectivity index (χ0n) is 8.32. The van der Waals surface area contributed by atoms with E-state index in [1.807, 2.05) is 12.3 Å². The van der Waals surface area contributed by atoms with Crippen molar-refractivity contribution < 1.29 is 4.79 Å². The van der Waals surface area contributed by atoms with Gasteiger partial charge in [0.15, 0.2) is 5.78 Å². The molecule has 74 valence electrons. The molecule has 0 radical (unpaired) electrons. The van der Waals surface area contributed by atoms with Gasteiger partial charge in [-0.25, -0.2) is 0 Å². The van der Waals surface area contributed by atoms with Crippen LogP contribution >= 0.6 is 11.3 Å². The molecule has 3 rings (SSSR count). The van der Waals surface area contributed by atoms with Crippen LogP contribution in [0.3, 0.4) is 0 Å². The maximum atomic E-state index is 12.1. The van der Waals surface area contributed by atoms with Gasteiger partial charge in [-0.3, -0.25) is 4.79 Å². The molecule has 0 bridgehead atoms. The quantitative estimate of drug-likeness (QED) is 0.679. The number of ketones is 1. The summed E-state index contributed by atoms with van der Waals surface area (Å²) in [7, 11) is 0. The van der Waals surface area contributed by atoms with Crippen LogP contribution in [0, 0.1) is 24.7 Å². The Morgan fingerprint density at radius 1 is 1.43 bits per heavy atom. The molecular weight excluding hydrogens is 192 g/mol. The summed E-state index contributed by atoms with van der Waals surface area (Å²) in [6.45, 7) is 2.04. The number of carbonyl (C=O) groups is 1. The van der Waals surface area contributed by atoms with Crippen molar-refractivity contribution in [1.29, 1.82) is 0 Å². The van der Waals surface area contributed by atoms with Crippen LogP contribution in [0.2, 0.25) is 0 Å². The summed E-state index contributed by atoms with van der Waals surface area (Å²) in [6, 6.07) is 2.05. The number of carbonyl (C=O) groups excluding carboxylic acids is 1. The van der Waals surface area contributed by atoms with E-state index in [9.17, 15) is 4.79 Å². The summed E-state index contributed by atoms with van der Waals surface area (Å²) >= 11 is 1.62. The first-order valence-electron chi connectivity index (χ1n) is 5.37. The summed E-state index contributed by atoms with van der Waals surface area (Å²) in [5, 5.41) is 2.03. The molecule has 2 fully saturated rings. The SMILES string of the molecule is Cc1ccsc1C(=O)C1C2CCCC21. The van der Waals surface area contributed by atoms with E-state index in [2.05, 4.69) is 6.07 Å². The van der Waals surface area contributed by atoms with E-state index in [1.54, 1.807) is 11.3 Å². The highest BCUT2D eigenvalue weighted by Gasteiger charge is 2.56. The van der Waals surface area contributed by atoms with Gasteiger partial charge >= 0.3 is 0 Å². The molecule has 0 amide bonds. The highest BCUT2D eigenvalue weighted by atomic mass is 32.1. The molecule has 1 aromatic rings. The van der Waals surface area contributed by atoms with E-state index in [1.165, 1.54) is 24.8 Å². The van der Waals surface area contributed by atoms with Crippen molar-refractivity contribution in [2.24, 2.45) is 17.8 Å². The molecule has 2 saturated carbocycles. The van der Waals surface area contributed by atoms with E-state index in [-0.39, 0.29) is 0 Å². The van der Waals surface area contributed by atoms with Crippen molar-refractivity contribution in [2.75, 3.05) is 0 Å². The van der Waals surface area contributed by atoms with Gasteiger partial charge < -0.3 is 0 Å². The Balaban J connectivity index is 1.82. The van der Waals surface area contributed by atoms with Crippen LogP contribution in [-0.4, -0.2) is 5.78 Å². The van der Waals surface area contributed by atoms with Crippen LogP contribution in [0.4, 0.5) is 0 Å². The largest absolute Gasteiger partial charge is 0.293 e. The van der Waals surface area contributed by atoms with Crippen molar-refractivity contribution in [3.8, 4) is 0 Å². The first-order valence-corrected chi connectivity index (χ1v) is 6.25.